The topological polar surface area (TPSA) is 125 Å². The summed E-state index contributed by atoms with van der Waals surface area (Å²) in [5.41, 5.74) is 1.01. The third-order valence-electron chi connectivity index (χ3n) is 11.3. The van der Waals surface area contributed by atoms with Crippen LogP contribution in [0.5, 0.6) is 0 Å². The van der Waals surface area contributed by atoms with Crippen molar-refractivity contribution >= 4 is 33.4 Å². The molecule has 10 nitrogen and oxygen atoms in total. The lowest BCUT2D eigenvalue weighted by molar-refractivity contribution is -0.141. The molecule has 310 valence electrons. The van der Waals surface area contributed by atoms with Crippen LogP contribution >= 0.6 is 0 Å². The standard InChI is InChI=1S/C45H68N4O6S/c1-5-6-7-8-9-10-11-12-13-14-15-16-17-18-22-29-41(50)47-44(2,3)43(52)46-39(35-55-34-37-25-20-19-21-26-37)42(51)48-32-30-45(31-33-48)36-49(56(4,53)54)40-28-24-23-27-38(40)45/h12-13,19-21,23-28,39H,5-11,14-18,22,29-36H2,1-4H3,(H,46,52)(H,47,50)/b13-12-. The molecule has 2 aliphatic rings. The maximum absolute atomic E-state index is 14.1. The Kier molecular flexibility index (Phi) is 17.9. The summed E-state index contributed by atoms with van der Waals surface area (Å²) < 4.78 is 32.8. The fourth-order valence-electron chi connectivity index (χ4n) is 7.89. The van der Waals surface area contributed by atoms with Crippen molar-refractivity contribution in [2.75, 3.05) is 36.8 Å². The zero-order valence-corrected chi connectivity index (χ0v) is 35.3. The van der Waals surface area contributed by atoms with E-state index in [2.05, 4.69) is 29.7 Å². The van der Waals surface area contributed by atoms with E-state index < -0.39 is 32.9 Å². The third-order valence-corrected chi connectivity index (χ3v) is 12.4. The summed E-state index contributed by atoms with van der Waals surface area (Å²) in [5.74, 6) is -0.908. The third kappa shape index (κ3) is 13.7. The number of likely N-dealkylation sites (tertiary alicyclic amines) is 1. The largest absolute Gasteiger partial charge is 0.374 e. The van der Waals surface area contributed by atoms with Crippen molar-refractivity contribution in [3.63, 3.8) is 0 Å². The molecule has 1 unspecified atom stereocenters. The normalized spacial score (nSPS) is 15.9. The number of nitrogens with one attached hydrogen (secondary N) is 2. The summed E-state index contributed by atoms with van der Waals surface area (Å²) in [7, 11) is -3.46. The Morgan fingerprint density at radius 3 is 2.07 bits per heavy atom. The van der Waals surface area contributed by atoms with Gasteiger partial charge in [0, 0.05) is 31.5 Å². The maximum Gasteiger partial charge on any atom is 0.247 e. The van der Waals surface area contributed by atoms with Gasteiger partial charge in [-0.1, -0.05) is 119 Å². The van der Waals surface area contributed by atoms with E-state index in [0.717, 1.165) is 49.7 Å². The molecule has 4 rings (SSSR count). The van der Waals surface area contributed by atoms with Crippen molar-refractivity contribution in [1.29, 1.82) is 0 Å². The number of benzene rings is 2. The highest BCUT2D eigenvalue weighted by atomic mass is 32.2. The van der Waals surface area contributed by atoms with Gasteiger partial charge in [0.2, 0.25) is 27.7 Å². The van der Waals surface area contributed by atoms with Crippen LogP contribution in [0.1, 0.15) is 135 Å². The second kappa shape index (κ2) is 22.3. The van der Waals surface area contributed by atoms with Gasteiger partial charge in [-0.15, -0.1) is 0 Å². The van der Waals surface area contributed by atoms with Gasteiger partial charge in [-0.2, -0.15) is 0 Å². The number of anilines is 1. The number of amides is 3. The summed E-state index contributed by atoms with van der Waals surface area (Å²) in [6.07, 6.45) is 22.8. The average molecular weight is 793 g/mol. The van der Waals surface area contributed by atoms with Crippen LogP contribution in [-0.2, 0) is 41.2 Å². The molecule has 0 saturated carbocycles. The smallest absolute Gasteiger partial charge is 0.247 e. The Morgan fingerprint density at radius 2 is 1.43 bits per heavy atom. The lowest BCUT2D eigenvalue weighted by atomic mass is 9.74. The van der Waals surface area contributed by atoms with Crippen molar-refractivity contribution in [3.8, 4) is 0 Å². The lowest BCUT2D eigenvalue weighted by Crippen LogP contribution is -2.61. The van der Waals surface area contributed by atoms with Gasteiger partial charge in [-0.05, 0) is 76.0 Å². The van der Waals surface area contributed by atoms with Gasteiger partial charge < -0.3 is 20.3 Å². The van der Waals surface area contributed by atoms with E-state index in [1.165, 1.54) is 55.5 Å². The number of hydrogen-bond donors (Lipinski definition) is 2. The summed E-state index contributed by atoms with van der Waals surface area (Å²) in [6, 6.07) is 16.3. The number of carbonyl (C=O) groups excluding carboxylic acids is 3. The number of piperidine rings is 1. The summed E-state index contributed by atoms with van der Waals surface area (Å²) in [5, 5.41) is 5.80. The van der Waals surface area contributed by atoms with Crippen LogP contribution in [-0.4, -0.2) is 75.1 Å². The van der Waals surface area contributed by atoms with Crippen LogP contribution in [0.25, 0.3) is 0 Å². The van der Waals surface area contributed by atoms with E-state index in [1.54, 1.807) is 18.7 Å². The molecule has 3 amide bonds. The van der Waals surface area contributed by atoms with E-state index in [0.29, 0.717) is 44.6 Å². The lowest BCUT2D eigenvalue weighted by Gasteiger charge is -2.41. The van der Waals surface area contributed by atoms with Crippen molar-refractivity contribution in [1.82, 2.24) is 15.5 Å². The number of hydrogen-bond acceptors (Lipinski definition) is 6. The molecule has 1 fully saturated rings. The second-order valence-electron chi connectivity index (χ2n) is 16.4. The van der Waals surface area contributed by atoms with Gasteiger partial charge in [0.15, 0.2) is 0 Å². The summed E-state index contributed by atoms with van der Waals surface area (Å²) in [6.45, 7) is 6.96. The highest BCUT2D eigenvalue weighted by Gasteiger charge is 2.48. The van der Waals surface area contributed by atoms with Crippen molar-refractivity contribution in [2.24, 2.45) is 0 Å². The Balaban J connectivity index is 1.24. The molecule has 56 heavy (non-hydrogen) atoms. The van der Waals surface area contributed by atoms with E-state index in [-0.39, 0.29) is 25.0 Å². The van der Waals surface area contributed by atoms with E-state index in [4.69, 9.17) is 4.74 Å². The fraction of sp³-hybridized carbons (Fsp3) is 0.622. The van der Waals surface area contributed by atoms with Crippen molar-refractivity contribution in [2.45, 2.75) is 147 Å². The predicted octanol–water partition coefficient (Wildman–Crippen LogP) is 7.96. The zero-order valence-electron chi connectivity index (χ0n) is 34.5. The molecule has 1 spiro atoms. The highest BCUT2D eigenvalue weighted by Crippen LogP contribution is 2.47. The van der Waals surface area contributed by atoms with Crippen LogP contribution in [0.2, 0.25) is 0 Å². The molecule has 2 aromatic rings. The van der Waals surface area contributed by atoms with Crippen LogP contribution in [0, 0.1) is 0 Å². The number of unbranched alkanes of at least 4 members (excludes halogenated alkanes) is 11. The molecular weight excluding hydrogens is 725 g/mol. The Labute approximate surface area is 337 Å². The molecule has 2 aliphatic heterocycles. The van der Waals surface area contributed by atoms with E-state index in [1.807, 2.05) is 54.6 Å². The molecular formula is C45H68N4O6S. The molecule has 0 aliphatic carbocycles. The minimum Gasteiger partial charge on any atom is -0.374 e. The first-order chi connectivity index (χ1) is 26.9. The fourth-order valence-corrected chi connectivity index (χ4v) is 8.89. The van der Waals surface area contributed by atoms with E-state index >= 15 is 0 Å². The van der Waals surface area contributed by atoms with Crippen LogP contribution in [0.4, 0.5) is 5.69 Å². The minimum absolute atomic E-state index is 0.0370. The first kappa shape index (κ1) is 45.0. The van der Waals surface area contributed by atoms with Gasteiger partial charge in [0.25, 0.3) is 0 Å². The maximum atomic E-state index is 14.1. The molecule has 1 saturated heterocycles. The van der Waals surface area contributed by atoms with Gasteiger partial charge in [-0.3, -0.25) is 18.7 Å². The van der Waals surface area contributed by atoms with Gasteiger partial charge in [-0.25, -0.2) is 8.42 Å². The predicted molar refractivity (Wildman–Crippen MR) is 226 cm³/mol. The SMILES string of the molecule is CCCCCCCC/C=C\CCCCCCCC(=O)NC(C)(C)C(=O)NC(COCc1ccccc1)C(=O)N1CCC2(CC1)CN(S(C)(=O)=O)c1ccccc12. The number of nitrogens with zero attached hydrogens (tertiary/aromatic N) is 2. The number of fused-ring (bicyclic) bond motifs is 2. The Morgan fingerprint density at radius 1 is 0.839 bits per heavy atom. The van der Waals surface area contributed by atoms with Crippen LogP contribution in [0.3, 0.4) is 0 Å². The number of para-hydroxylation sites is 1. The summed E-state index contributed by atoms with van der Waals surface area (Å²) >= 11 is 0. The molecule has 0 radical (unpaired) electrons. The molecule has 0 aromatic heterocycles. The molecule has 2 aromatic carbocycles. The number of rotatable bonds is 24. The number of sulfonamides is 1. The molecule has 1 atom stereocenters. The first-order valence-electron chi connectivity index (χ1n) is 21.1. The second-order valence-corrected chi connectivity index (χ2v) is 18.3. The van der Waals surface area contributed by atoms with E-state index in [9.17, 15) is 22.8 Å². The number of ether oxygens (including phenoxy) is 1. The van der Waals surface area contributed by atoms with Crippen molar-refractivity contribution in [3.05, 3.63) is 77.9 Å². The monoisotopic (exact) mass is 792 g/mol. The molecule has 0 bridgehead atoms. The van der Waals surface area contributed by atoms with Gasteiger partial charge in [0.05, 0.1) is 25.2 Å². The Bertz CT molecular complexity index is 1670. The number of carbonyl (C=O) groups is 3. The van der Waals surface area contributed by atoms with Gasteiger partial charge >= 0.3 is 0 Å². The summed E-state index contributed by atoms with van der Waals surface area (Å²) in [4.78, 5) is 42.5. The molecule has 11 heteroatoms. The first-order valence-corrected chi connectivity index (χ1v) is 23.0. The average Bonchev–Trinajstić information content (AvgIpc) is 3.50. The minimum atomic E-state index is -3.46. The zero-order chi connectivity index (χ0) is 40.4. The Hall–Kier alpha value is -3.70. The molecule has 2 N–H and O–H groups in total. The van der Waals surface area contributed by atoms with Crippen LogP contribution in [0.15, 0.2) is 66.7 Å². The van der Waals surface area contributed by atoms with Gasteiger partial charge in [0.1, 0.15) is 11.6 Å². The van der Waals surface area contributed by atoms with Crippen LogP contribution < -0.4 is 14.9 Å². The van der Waals surface area contributed by atoms with Crippen molar-refractivity contribution < 1.29 is 27.5 Å². The quantitative estimate of drug-likeness (QED) is 0.0822. The number of allylic oxidation sites excluding steroid dienone is 2. The highest BCUT2D eigenvalue weighted by molar-refractivity contribution is 7.92. The molecule has 2 heterocycles.